The first kappa shape index (κ1) is 18.8. The van der Waals surface area contributed by atoms with Gasteiger partial charge in [-0.3, -0.25) is 0 Å². The van der Waals surface area contributed by atoms with E-state index >= 15 is 0 Å². The largest absolute Gasteiger partial charge is 0.491 e. The van der Waals surface area contributed by atoms with E-state index in [1.165, 1.54) is 5.56 Å². The van der Waals surface area contributed by atoms with Gasteiger partial charge in [-0.2, -0.15) is 0 Å². The van der Waals surface area contributed by atoms with Gasteiger partial charge in [-0.15, -0.1) is 0 Å². The summed E-state index contributed by atoms with van der Waals surface area (Å²) in [6.45, 7) is 6.22. The molecular formula is C24H27NO2. The SMILES string of the molecule is CC(C)c1ccccc1OCCNc1ccccc1OCc1ccccc1. The Hall–Kier alpha value is -2.94. The van der Waals surface area contributed by atoms with Crippen LogP contribution in [0.25, 0.3) is 0 Å². The van der Waals surface area contributed by atoms with Gasteiger partial charge in [-0.05, 0) is 35.2 Å². The van der Waals surface area contributed by atoms with Gasteiger partial charge < -0.3 is 14.8 Å². The molecule has 0 unspecified atom stereocenters. The fourth-order valence-corrected chi connectivity index (χ4v) is 2.91. The summed E-state index contributed by atoms with van der Waals surface area (Å²) in [4.78, 5) is 0. The first-order valence-corrected chi connectivity index (χ1v) is 9.45. The zero-order chi connectivity index (χ0) is 18.9. The summed E-state index contributed by atoms with van der Waals surface area (Å²) < 4.78 is 12.0. The van der Waals surface area contributed by atoms with Crippen LogP contribution in [0.15, 0.2) is 78.9 Å². The van der Waals surface area contributed by atoms with E-state index in [4.69, 9.17) is 9.47 Å². The lowest BCUT2D eigenvalue weighted by Gasteiger charge is -2.16. The van der Waals surface area contributed by atoms with Crippen LogP contribution in [-0.2, 0) is 6.61 Å². The van der Waals surface area contributed by atoms with E-state index in [0.29, 0.717) is 25.7 Å². The van der Waals surface area contributed by atoms with Crippen LogP contribution in [-0.4, -0.2) is 13.2 Å². The van der Waals surface area contributed by atoms with Crippen LogP contribution in [0.3, 0.4) is 0 Å². The summed E-state index contributed by atoms with van der Waals surface area (Å²) in [7, 11) is 0. The Morgan fingerprint density at radius 3 is 2.19 bits per heavy atom. The summed E-state index contributed by atoms with van der Waals surface area (Å²) in [5.41, 5.74) is 3.37. The van der Waals surface area contributed by atoms with Crippen molar-refractivity contribution >= 4 is 5.69 Å². The van der Waals surface area contributed by atoms with E-state index in [1.54, 1.807) is 0 Å². The Morgan fingerprint density at radius 1 is 0.741 bits per heavy atom. The van der Waals surface area contributed by atoms with Crippen molar-refractivity contribution in [3.8, 4) is 11.5 Å². The molecule has 0 aromatic heterocycles. The van der Waals surface area contributed by atoms with Gasteiger partial charge in [-0.25, -0.2) is 0 Å². The molecule has 0 fully saturated rings. The van der Waals surface area contributed by atoms with Gasteiger partial charge in [0.1, 0.15) is 24.7 Å². The lowest BCUT2D eigenvalue weighted by Crippen LogP contribution is -2.13. The molecule has 0 amide bonds. The van der Waals surface area contributed by atoms with Gasteiger partial charge in [0.15, 0.2) is 0 Å². The summed E-state index contributed by atoms with van der Waals surface area (Å²) in [5.74, 6) is 2.26. The molecule has 27 heavy (non-hydrogen) atoms. The normalized spacial score (nSPS) is 10.6. The molecule has 0 aliphatic carbocycles. The summed E-state index contributed by atoms with van der Waals surface area (Å²) in [6, 6.07) is 26.4. The first-order valence-electron chi connectivity index (χ1n) is 9.45. The zero-order valence-electron chi connectivity index (χ0n) is 16.0. The molecule has 0 aliphatic heterocycles. The number of nitrogens with one attached hydrogen (secondary N) is 1. The number of rotatable bonds is 9. The Balaban J connectivity index is 1.53. The van der Waals surface area contributed by atoms with Crippen molar-refractivity contribution in [1.29, 1.82) is 0 Å². The van der Waals surface area contributed by atoms with Crippen LogP contribution < -0.4 is 14.8 Å². The minimum atomic E-state index is 0.446. The minimum absolute atomic E-state index is 0.446. The number of benzene rings is 3. The van der Waals surface area contributed by atoms with Crippen molar-refractivity contribution in [3.63, 3.8) is 0 Å². The third-order valence-corrected chi connectivity index (χ3v) is 4.34. The Kier molecular flexibility index (Phi) is 6.75. The minimum Gasteiger partial charge on any atom is -0.491 e. The highest BCUT2D eigenvalue weighted by molar-refractivity contribution is 5.56. The van der Waals surface area contributed by atoms with Crippen molar-refractivity contribution in [2.45, 2.75) is 26.4 Å². The molecule has 0 atom stereocenters. The van der Waals surface area contributed by atoms with Gasteiger partial charge >= 0.3 is 0 Å². The fraction of sp³-hybridized carbons (Fsp3) is 0.250. The maximum atomic E-state index is 5.99. The van der Waals surface area contributed by atoms with Gasteiger partial charge in [-0.1, -0.05) is 74.5 Å². The molecule has 3 nitrogen and oxygen atoms in total. The van der Waals surface area contributed by atoms with Crippen molar-refractivity contribution in [2.24, 2.45) is 0 Å². The van der Waals surface area contributed by atoms with Crippen LogP contribution in [0.1, 0.15) is 30.9 Å². The first-order chi connectivity index (χ1) is 13.2. The van der Waals surface area contributed by atoms with E-state index in [0.717, 1.165) is 22.7 Å². The van der Waals surface area contributed by atoms with Gasteiger partial charge in [0.25, 0.3) is 0 Å². The van der Waals surface area contributed by atoms with Crippen molar-refractivity contribution in [3.05, 3.63) is 90.0 Å². The fourth-order valence-electron chi connectivity index (χ4n) is 2.91. The summed E-state index contributed by atoms with van der Waals surface area (Å²) in [6.07, 6.45) is 0. The highest BCUT2D eigenvalue weighted by atomic mass is 16.5. The van der Waals surface area contributed by atoms with Crippen LogP contribution >= 0.6 is 0 Å². The lowest BCUT2D eigenvalue weighted by molar-refractivity contribution is 0.306. The van der Waals surface area contributed by atoms with Crippen LogP contribution in [0.5, 0.6) is 11.5 Å². The highest BCUT2D eigenvalue weighted by Crippen LogP contribution is 2.26. The number of hydrogen-bond donors (Lipinski definition) is 1. The molecule has 0 radical (unpaired) electrons. The maximum absolute atomic E-state index is 5.99. The Bertz CT molecular complexity index is 831. The molecule has 1 N–H and O–H groups in total. The average Bonchev–Trinajstić information content (AvgIpc) is 2.71. The number of para-hydroxylation sites is 3. The topological polar surface area (TPSA) is 30.5 Å². The van der Waals surface area contributed by atoms with Crippen LogP contribution in [0.4, 0.5) is 5.69 Å². The third-order valence-electron chi connectivity index (χ3n) is 4.34. The molecule has 3 aromatic rings. The molecule has 0 spiro atoms. The second-order valence-corrected chi connectivity index (χ2v) is 6.74. The maximum Gasteiger partial charge on any atom is 0.142 e. The van der Waals surface area contributed by atoms with Crippen molar-refractivity contribution in [1.82, 2.24) is 0 Å². The molecular weight excluding hydrogens is 334 g/mol. The van der Waals surface area contributed by atoms with Gasteiger partial charge in [0.2, 0.25) is 0 Å². The monoisotopic (exact) mass is 361 g/mol. The van der Waals surface area contributed by atoms with Crippen LogP contribution in [0.2, 0.25) is 0 Å². The summed E-state index contributed by atoms with van der Waals surface area (Å²) in [5, 5.41) is 3.42. The van der Waals surface area contributed by atoms with E-state index in [-0.39, 0.29) is 0 Å². The number of anilines is 1. The Labute approximate surface area is 162 Å². The molecule has 0 saturated heterocycles. The molecule has 0 heterocycles. The predicted octanol–water partition coefficient (Wildman–Crippen LogP) is 5.88. The number of ether oxygens (including phenoxy) is 2. The second kappa shape index (κ2) is 9.67. The van der Waals surface area contributed by atoms with E-state index < -0.39 is 0 Å². The smallest absolute Gasteiger partial charge is 0.142 e. The van der Waals surface area contributed by atoms with E-state index in [2.05, 4.69) is 43.4 Å². The third kappa shape index (κ3) is 5.52. The summed E-state index contributed by atoms with van der Waals surface area (Å²) >= 11 is 0. The predicted molar refractivity (Wildman–Crippen MR) is 112 cm³/mol. The lowest BCUT2D eigenvalue weighted by atomic mass is 10.0. The average molecular weight is 361 g/mol. The van der Waals surface area contributed by atoms with Crippen LogP contribution in [0, 0.1) is 0 Å². The highest BCUT2D eigenvalue weighted by Gasteiger charge is 2.07. The molecule has 3 aromatic carbocycles. The standard InChI is InChI=1S/C24H27NO2/c1-19(2)21-12-6-8-14-23(21)26-17-16-25-22-13-7-9-15-24(22)27-18-20-10-4-3-5-11-20/h3-15,19,25H,16-18H2,1-2H3. The van der Waals surface area contributed by atoms with Gasteiger partial charge in [0.05, 0.1) is 5.69 Å². The molecule has 3 rings (SSSR count). The zero-order valence-corrected chi connectivity index (χ0v) is 16.0. The second-order valence-electron chi connectivity index (χ2n) is 6.74. The molecule has 3 heteroatoms. The number of hydrogen-bond acceptors (Lipinski definition) is 3. The quantitative estimate of drug-likeness (QED) is 0.483. The molecule has 140 valence electrons. The molecule has 0 aliphatic rings. The van der Waals surface area contributed by atoms with Gasteiger partial charge in [0, 0.05) is 6.54 Å². The van der Waals surface area contributed by atoms with Crippen molar-refractivity contribution in [2.75, 3.05) is 18.5 Å². The van der Waals surface area contributed by atoms with Crippen molar-refractivity contribution < 1.29 is 9.47 Å². The van der Waals surface area contributed by atoms with E-state index in [9.17, 15) is 0 Å². The Morgan fingerprint density at radius 2 is 1.41 bits per heavy atom. The molecule has 0 bridgehead atoms. The van der Waals surface area contributed by atoms with E-state index in [1.807, 2.05) is 54.6 Å². The molecule has 0 saturated carbocycles.